The van der Waals surface area contributed by atoms with Crippen LogP contribution < -0.4 is 14.2 Å². The van der Waals surface area contributed by atoms with Crippen molar-refractivity contribution in [1.29, 1.82) is 0 Å². The van der Waals surface area contributed by atoms with Gasteiger partial charge in [-0.15, -0.1) is 0 Å². The van der Waals surface area contributed by atoms with Gasteiger partial charge in [-0.25, -0.2) is 4.98 Å². The Kier molecular flexibility index (Phi) is 5.80. The number of aromatic hydroxyl groups is 1. The number of hydrogen-bond donors (Lipinski definition) is 2. The lowest BCUT2D eigenvalue weighted by Crippen LogP contribution is -1.92. The zero-order chi connectivity index (χ0) is 21.8. The summed E-state index contributed by atoms with van der Waals surface area (Å²) in [6.45, 7) is 2.34. The Morgan fingerprint density at radius 1 is 0.806 bits per heavy atom. The number of ether oxygens (including phenoxy) is 3. The smallest absolute Gasteiger partial charge is 0.161 e. The first-order valence-corrected chi connectivity index (χ1v) is 9.98. The quantitative estimate of drug-likeness (QED) is 0.414. The average Bonchev–Trinajstić information content (AvgIpc) is 3.26. The number of benzene rings is 3. The second-order valence-electron chi connectivity index (χ2n) is 6.88. The van der Waals surface area contributed by atoms with Crippen LogP contribution in [0.3, 0.4) is 0 Å². The third-order valence-corrected chi connectivity index (χ3v) is 4.98. The summed E-state index contributed by atoms with van der Waals surface area (Å²) in [4.78, 5) is 8.34. The summed E-state index contributed by atoms with van der Waals surface area (Å²) in [6.07, 6.45) is 0. The minimum absolute atomic E-state index is 0.0999. The molecule has 0 saturated carbocycles. The van der Waals surface area contributed by atoms with Crippen molar-refractivity contribution in [3.63, 3.8) is 0 Å². The van der Waals surface area contributed by atoms with Crippen molar-refractivity contribution in [2.75, 3.05) is 20.8 Å². The first-order chi connectivity index (χ1) is 15.1. The molecule has 1 heterocycles. The SMILES string of the molecule is CCOc1cc(-c2nc(-c3ccc(OC)cc3)c(-c3ccc(OC)cc3)[nH]2)ccc1O. The van der Waals surface area contributed by atoms with Crippen molar-refractivity contribution in [2.45, 2.75) is 6.92 Å². The highest BCUT2D eigenvalue weighted by Gasteiger charge is 2.17. The Balaban J connectivity index is 1.84. The third-order valence-electron chi connectivity index (χ3n) is 4.98. The van der Waals surface area contributed by atoms with Crippen LogP contribution in [0.5, 0.6) is 23.0 Å². The van der Waals surface area contributed by atoms with Crippen molar-refractivity contribution in [1.82, 2.24) is 9.97 Å². The number of nitrogens with zero attached hydrogens (tertiary/aromatic N) is 1. The molecule has 0 saturated heterocycles. The molecule has 3 aromatic carbocycles. The highest BCUT2D eigenvalue weighted by Crippen LogP contribution is 2.36. The Hall–Kier alpha value is -3.93. The molecule has 1 aromatic heterocycles. The first kappa shape index (κ1) is 20.3. The van der Waals surface area contributed by atoms with Crippen LogP contribution in [-0.4, -0.2) is 35.9 Å². The van der Waals surface area contributed by atoms with Crippen LogP contribution in [0.25, 0.3) is 33.9 Å². The van der Waals surface area contributed by atoms with Gasteiger partial charge in [0, 0.05) is 16.7 Å². The molecule has 31 heavy (non-hydrogen) atoms. The number of H-pyrrole nitrogens is 1. The largest absolute Gasteiger partial charge is 0.504 e. The van der Waals surface area contributed by atoms with E-state index in [1.165, 1.54) is 0 Å². The van der Waals surface area contributed by atoms with Crippen LogP contribution in [0, 0.1) is 0 Å². The molecule has 6 nitrogen and oxygen atoms in total. The van der Waals surface area contributed by atoms with Crippen molar-refractivity contribution in [2.24, 2.45) is 0 Å². The van der Waals surface area contributed by atoms with Gasteiger partial charge >= 0.3 is 0 Å². The van der Waals surface area contributed by atoms with Crippen molar-refractivity contribution in [3.05, 3.63) is 66.7 Å². The van der Waals surface area contributed by atoms with Crippen molar-refractivity contribution < 1.29 is 19.3 Å². The van der Waals surface area contributed by atoms with Crippen molar-refractivity contribution >= 4 is 0 Å². The summed E-state index contributed by atoms with van der Waals surface area (Å²) in [5.74, 6) is 2.77. The highest BCUT2D eigenvalue weighted by atomic mass is 16.5. The van der Waals surface area contributed by atoms with Crippen LogP contribution in [0.4, 0.5) is 0 Å². The van der Waals surface area contributed by atoms with Gasteiger partial charge in [-0.1, -0.05) is 0 Å². The van der Waals surface area contributed by atoms with Crippen LogP contribution >= 0.6 is 0 Å². The van der Waals surface area contributed by atoms with E-state index in [0.29, 0.717) is 18.2 Å². The van der Waals surface area contributed by atoms with Crippen LogP contribution in [0.1, 0.15) is 6.92 Å². The fourth-order valence-electron chi connectivity index (χ4n) is 3.37. The lowest BCUT2D eigenvalue weighted by atomic mass is 10.0. The third kappa shape index (κ3) is 4.19. The predicted octanol–water partition coefficient (Wildman–Crippen LogP) is 5.53. The van der Waals surface area contributed by atoms with Crippen LogP contribution in [-0.2, 0) is 0 Å². The molecule has 2 N–H and O–H groups in total. The van der Waals surface area contributed by atoms with Gasteiger partial charge in [0.25, 0.3) is 0 Å². The second-order valence-corrected chi connectivity index (χ2v) is 6.88. The van der Waals surface area contributed by atoms with Crippen LogP contribution in [0.15, 0.2) is 66.7 Å². The van der Waals surface area contributed by atoms with E-state index in [2.05, 4.69) is 4.98 Å². The number of aromatic amines is 1. The summed E-state index contributed by atoms with van der Waals surface area (Å²) in [7, 11) is 3.29. The highest BCUT2D eigenvalue weighted by molar-refractivity contribution is 5.82. The molecule has 4 aromatic rings. The molecule has 0 aliphatic carbocycles. The van der Waals surface area contributed by atoms with Gasteiger partial charge in [-0.3, -0.25) is 0 Å². The Labute approximate surface area is 181 Å². The van der Waals surface area contributed by atoms with Gasteiger partial charge in [0.2, 0.25) is 0 Å². The predicted molar refractivity (Wildman–Crippen MR) is 121 cm³/mol. The zero-order valence-corrected chi connectivity index (χ0v) is 17.7. The van der Waals surface area contributed by atoms with E-state index >= 15 is 0 Å². The van der Waals surface area contributed by atoms with Gasteiger partial charge in [0.1, 0.15) is 17.3 Å². The number of rotatable bonds is 7. The summed E-state index contributed by atoms with van der Waals surface area (Å²) in [6, 6.07) is 20.8. The second kappa shape index (κ2) is 8.83. The minimum Gasteiger partial charge on any atom is -0.504 e. The fourth-order valence-corrected chi connectivity index (χ4v) is 3.37. The van der Waals surface area contributed by atoms with Crippen molar-refractivity contribution in [3.8, 4) is 56.9 Å². The molecule has 0 amide bonds. The van der Waals surface area contributed by atoms with E-state index < -0.39 is 0 Å². The molecule has 0 fully saturated rings. The number of phenols is 1. The van der Waals surface area contributed by atoms with Gasteiger partial charge in [0.15, 0.2) is 11.5 Å². The fraction of sp³-hybridized carbons (Fsp3) is 0.160. The maximum absolute atomic E-state index is 10.0. The maximum Gasteiger partial charge on any atom is 0.161 e. The Morgan fingerprint density at radius 2 is 1.39 bits per heavy atom. The number of imidazole rings is 1. The molecule has 0 spiro atoms. The molecule has 158 valence electrons. The number of methoxy groups -OCH3 is 2. The average molecular weight is 416 g/mol. The molecule has 0 unspecified atom stereocenters. The summed E-state index contributed by atoms with van der Waals surface area (Å²) < 4.78 is 16.1. The molecular weight excluding hydrogens is 392 g/mol. The molecule has 4 rings (SSSR count). The monoisotopic (exact) mass is 416 g/mol. The van der Waals surface area contributed by atoms with E-state index in [4.69, 9.17) is 19.2 Å². The molecule has 6 heteroatoms. The Morgan fingerprint density at radius 3 is 1.97 bits per heavy atom. The summed E-state index contributed by atoms with van der Waals surface area (Å²) >= 11 is 0. The topological polar surface area (TPSA) is 76.6 Å². The molecule has 0 radical (unpaired) electrons. The molecule has 0 aliphatic rings. The standard InChI is InChI=1S/C25H24N2O4/c1-4-31-22-15-18(9-14-21(22)28)25-26-23(16-5-10-19(29-2)11-6-16)24(27-25)17-7-12-20(30-3)13-8-17/h5-15,28H,4H2,1-3H3,(H,26,27). The molecular formula is C25H24N2O4. The number of nitrogens with one attached hydrogen (secondary N) is 1. The zero-order valence-electron chi connectivity index (χ0n) is 17.7. The first-order valence-electron chi connectivity index (χ1n) is 9.98. The summed E-state index contributed by atoms with van der Waals surface area (Å²) in [5, 5.41) is 10.0. The van der Waals surface area contributed by atoms with E-state index in [1.54, 1.807) is 26.4 Å². The number of hydrogen-bond acceptors (Lipinski definition) is 5. The molecule has 0 atom stereocenters. The molecule has 0 bridgehead atoms. The summed E-state index contributed by atoms with van der Waals surface area (Å²) in [5.41, 5.74) is 4.45. The van der Waals surface area contributed by atoms with Gasteiger partial charge in [-0.05, 0) is 73.7 Å². The van der Waals surface area contributed by atoms with E-state index in [-0.39, 0.29) is 5.75 Å². The number of aromatic nitrogens is 2. The number of phenolic OH excluding ortho intramolecular Hbond substituents is 1. The Bertz CT molecular complexity index is 1100. The normalized spacial score (nSPS) is 10.7. The van der Waals surface area contributed by atoms with Crippen LogP contribution in [0.2, 0.25) is 0 Å². The molecule has 0 aliphatic heterocycles. The van der Waals surface area contributed by atoms with E-state index in [0.717, 1.165) is 39.6 Å². The van der Waals surface area contributed by atoms with E-state index in [9.17, 15) is 5.11 Å². The van der Waals surface area contributed by atoms with Gasteiger partial charge in [0.05, 0.1) is 32.2 Å². The maximum atomic E-state index is 10.0. The lowest BCUT2D eigenvalue weighted by molar-refractivity contribution is 0.318. The van der Waals surface area contributed by atoms with E-state index in [1.807, 2.05) is 61.5 Å². The van der Waals surface area contributed by atoms with Gasteiger partial charge in [-0.2, -0.15) is 0 Å². The lowest BCUT2D eigenvalue weighted by Gasteiger charge is -2.07. The van der Waals surface area contributed by atoms with Gasteiger partial charge < -0.3 is 24.3 Å². The minimum atomic E-state index is 0.0999.